The first-order chi connectivity index (χ1) is 21.1. The van der Waals surface area contributed by atoms with Crippen molar-refractivity contribution in [1.29, 1.82) is 0 Å². The van der Waals surface area contributed by atoms with E-state index in [-0.39, 0.29) is 19.4 Å². The molecular formula is C32H60NO10P. The van der Waals surface area contributed by atoms with Gasteiger partial charge in [-0.15, -0.1) is 0 Å². The largest absolute Gasteiger partial charge is 0.480 e. The molecule has 0 saturated carbocycles. The number of phosphoric ester groups is 1. The van der Waals surface area contributed by atoms with Crippen molar-refractivity contribution < 1.29 is 47.5 Å². The van der Waals surface area contributed by atoms with Crippen molar-refractivity contribution in [3.63, 3.8) is 0 Å². The second kappa shape index (κ2) is 28.7. The Morgan fingerprint density at radius 1 is 0.682 bits per heavy atom. The molecule has 0 aromatic heterocycles. The van der Waals surface area contributed by atoms with Crippen molar-refractivity contribution in [2.45, 2.75) is 154 Å². The molecule has 258 valence electrons. The highest BCUT2D eigenvalue weighted by Crippen LogP contribution is 2.43. The molecule has 0 radical (unpaired) electrons. The van der Waals surface area contributed by atoms with Crippen molar-refractivity contribution in [2.75, 3.05) is 19.8 Å². The van der Waals surface area contributed by atoms with Crippen LogP contribution in [0.25, 0.3) is 0 Å². The number of carbonyl (C=O) groups excluding carboxylic acids is 2. The Kier molecular flexibility index (Phi) is 27.5. The van der Waals surface area contributed by atoms with Gasteiger partial charge < -0.3 is 25.2 Å². The first-order valence-corrected chi connectivity index (χ1v) is 18.2. The molecule has 0 heterocycles. The van der Waals surface area contributed by atoms with Crippen LogP contribution in [0.3, 0.4) is 0 Å². The van der Waals surface area contributed by atoms with Gasteiger partial charge in [0.2, 0.25) is 0 Å². The second-order valence-corrected chi connectivity index (χ2v) is 12.8. The lowest BCUT2D eigenvalue weighted by Crippen LogP contribution is -2.34. The zero-order chi connectivity index (χ0) is 32.9. The molecular weight excluding hydrogens is 589 g/mol. The highest BCUT2D eigenvalue weighted by atomic mass is 31.2. The molecule has 12 heteroatoms. The quantitative estimate of drug-likeness (QED) is 0.0296. The maximum Gasteiger partial charge on any atom is 0.472 e. The maximum absolute atomic E-state index is 12.5. The third-order valence-electron chi connectivity index (χ3n) is 7.01. The molecule has 0 bridgehead atoms. The summed E-state index contributed by atoms with van der Waals surface area (Å²) < 4.78 is 32.3. The topological polar surface area (TPSA) is 172 Å². The number of carbonyl (C=O) groups is 3. The van der Waals surface area contributed by atoms with Crippen LogP contribution in [0.4, 0.5) is 0 Å². The monoisotopic (exact) mass is 649 g/mol. The molecule has 0 fully saturated rings. The molecule has 0 aliphatic heterocycles. The Hall–Kier alpha value is -1.78. The van der Waals surface area contributed by atoms with E-state index >= 15 is 0 Å². The van der Waals surface area contributed by atoms with Gasteiger partial charge in [0.05, 0.1) is 13.2 Å². The highest BCUT2D eigenvalue weighted by molar-refractivity contribution is 7.47. The smallest absolute Gasteiger partial charge is 0.472 e. The molecule has 0 aliphatic carbocycles. The number of phosphoric acid groups is 1. The highest BCUT2D eigenvalue weighted by Gasteiger charge is 2.28. The van der Waals surface area contributed by atoms with Gasteiger partial charge in [0.1, 0.15) is 12.6 Å². The average molecular weight is 650 g/mol. The van der Waals surface area contributed by atoms with Crippen molar-refractivity contribution in [3.05, 3.63) is 12.2 Å². The number of carboxylic acid groups (broad SMARTS) is 1. The van der Waals surface area contributed by atoms with Gasteiger partial charge in [0.15, 0.2) is 6.10 Å². The summed E-state index contributed by atoms with van der Waals surface area (Å²) in [5.41, 5.74) is 5.29. The van der Waals surface area contributed by atoms with Crippen molar-refractivity contribution in [1.82, 2.24) is 0 Å². The number of ether oxygens (including phenoxy) is 2. The Morgan fingerprint density at radius 2 is 1.14 bits per heavy atom. The Labute approximate surface area is 265 Å². The molecule has 44 heavy (non-hydrogen) atoms. The van der Waals surface area contributed by atoms with Crippen LogP contribution < -0.4 is 5.73 Å². The molecule has 0 aromatic carbocycles. The molecule has 4 N–H and O–H groups in total. The molecule has 0 aliphatic rings. The predicted octanol–water partition coefficient (Wildman–Crippen LogP) is 7.38. The summed E-state index contributed by atoms with van der Waals surface area (Å²) in [5.74, 6) is -2.40. The van der Waals surface area contributed by atoms with E-state index in [1.54, 1.807) is 0 Å². The molecule has 0 saturated heterocycles. The fourth-order valence-electron chi connectivity index (χ4n) is 4.29. The van der Waals surface area contributed by atoms with Crippen LogP contribution in [-0.4, -0.2) is 59.9 Å². The van der Waals surface area contributed by atoms with Gasteiger partial charge in [0.25, 0.3) is 0 Å². The van der Waals surface area contributed by atoms with E-state index in [4.69, 9.17) is 24.8 Å². The summed E-state index contributed by atoms with van der Waals surface area (Å²) in [6.45, 7) is 2.69. The summed E-state index contributed by atoms with van der Waals surface area (Å²) in [6, 6.07) is -1.52. The van der Waals surface area contributed by atoms with Gasteiger partial charge in [-0.1, -0.05) is 103 Å². The summed E-state index contributed by atoms with van der Waals surface area (Å²) in [7, 11) is -4.70. The molecule has 11 nitrogen and oxygen atoms in total. The van der Waals surface area contributed by atoms with Gasteiger partial charge >= 0.3 is 25.7 Å². The summed E-state index contributed by atoms with van der Waals surface area (Å²) in [6.07, 6.45) is 23.1. The maximum atomic E-state index is 12.5. The fourth-order valence-corrected chi connectivity index (χ4v) is 5.07. The molecule has 0 aromatic rings. The first-order valence-electron chi connectivity index (χ1n) is 16.7. The number of esters is 2. The number of allylic oxidation sites excluding steroid dienone is 2. The minimum atomic E-state index is -4.70. The molecule has 3 unspecified atom stereocenters. The Morgan fingerprint density at radius 3 is 1.68 bits per heavy atom. The minimum absolute atomic E-state index is 0.154. The zero-order valence-corrected chi connectivity index (χ0v) is 28.2. The normalized spacial score (nSPS) is 14.3. The van der Waals surface area contributed by atoms with Crippen molar-refractivity contribution >= 4 is 25.7 Å². The van der Waals surface area contributed by atoms with Gasteiger partial charge in [-0.2, -0.15) is 0 Å². The lowest BCUT2D eigenvalue weighted by Gasteiger charge is -2.20. The van der Waals surface area contributed by atoms with Crippen LogP contribution in [0.2, 0.25) is 0 Å². The van der Waals surface area contributed by atoms with E-state index in [1.165, 1.54) is 44.9 Å². The first kappa shape index (κ1) is 42.2. The zero-order valence-electron chi connectivity index (χ0n) is 27.3. The summed E-state index contributed by atoms with van der Waals surface area (Å²) >= 11 is 0. The van der Waals surface area contributed by atoms with E-state index in [9.17, 15) is 23.8 Å². The predicted molar refractivity (Wildman–Crippen MR) is 171 cm³/mol. The lowest BCUT2D eigenvalue weighted by molar-refractivity contribution is -0.161. The van der Waals surface area contributed by atoms with Crippen LogP contribution in [-0.2, 0) is 37.5 Å². The van der Waals surface area contributed by atoms with Crippen LogP contribution in [0.1, 0.15) is 142 Å². The number of nitrogens with two attached hydrogens (primary N) is 1. The summed E-state index contributed by atoms with van der Waals surface area (Å²) in [5, 5.41) is 8.81. The Balaban J connectivity index is 4.50. The van der Waals surface area contributed by atoms with E-state index in [2.05, 4.69) is 30.5 Å². The van der Waals surface area contributed by atoms with Crippen LogP contribution in [0.15, 0.2) is 12.2 Å². The number of carboxylic acids is 1. The SMILES string of the molecule is CCCCCC/C=C\CCCCCCCC(=O)OC(COC(=O)CCCCCCCCC)COP(=O)(O)OCC(N)C(=O)O. The van der Waals surface area contributed by atoms with Crippen LogP contribution >= 0.6 is 7.82 Å². The van der Waals surface area contributed by atoms with Crippen LogP contribution in [0.5, 0.6) is 0 Å². The molecule has 3 atom stereocenters. The van der Waals surface area contributed by atoms with Crippen LogP contribution in [0, 0.1) is 0 Å². The second-order valence-electron chi connectivity index (χ2n) is 11.3. The van der Waals surface area contributed by atoms with E-state index in [0.29, 0.717) is 12.8 Å². The number of hydrogen-bond acceptors (Lipinski definition) is 9. The number of aliphatic carboxylic acids is 1. The third-order valence-corrected chi connectivity index (χ3v) is 7.96. The lowest BCUT2D eigenvalue weighted by atomic mass is 10.1. The fraction of sp³-hybridized carbons (Fsp3) is 0.844. The standard InChI is InChI=1S/C32H60NO10P/c1-3-5-7-9-11-12-13-14-15-16-18-20-22-24-31(35)43-28(26-41-44(38,39)42-27-29(33)32(36)37)25-40-30(34)23-21-19-17-10-8-6-4-2/h12-13,28-29H,3-11,14-27,33H2,1-2H3,(H,36,37)(H,38,39)/b13-12-. The molecule has 0 rings (SSSR count). The molecule has 0 spiro atoms. The van der Waals surface area contributed by atoms with Gasteiger partial charge in [0, 0.05) is 12.8 Å². The van der Waals surface area contributed by atoms with E-state index in [1.807, 2.05) is 0 Å². The summed E-state index contributed by atoms with van der Waals surface area (Å²) in [4.78, 5) is 45.4. The van der Waals surface area contributed by atoms with Crippen molar-refractivity contribution in [3.8, 4) is 0 Å². The van der Waals surface area contributed by atoms with E-state index in [0.717, 1.165) is 57.8 Å². The van der Waals surface area contributed by atoms with Gasteiger partial charge in [-0.05, 0) is 38.5 Å². The number of hydrogen-bond donors (Lipinski definition) is 3. The average Bonchev–Trinajstić information content (AvgIpc) is 2.99. The van der Waals surface area contributed by atoms with Crippen molar-refractivity contribution in [2.24, 2.45) is 5.73 Å². The number of rotatable bonds is 31. The Bertz CT molecular complexity index is 823. The minimum Gasteiger partial charge on any atom is -0.480 e. The van der Waals surface area contributed by atoms with Gasteiger partial charge in [-0.3, -0.25) is 23.4 Å². The van der Waals surface area contributed by atoms with Gasteiger partial charge in [-0.25, -0.2) is 4.57 Å². The third kappa shape index (κ3) is 27.7. The molecule has 0 amide bonds. The van der Waals surface area contributed by atoms with E-state index < -0.39 is 51.1 Å². The number of unbranched alkanes of at least 4 members (excludes halogenated alkanes) is 15.